The molecule has 6 heteroatoms. The number of aromatic nitrogens is 3. The second kappa shape index (κ2) is 5.19. The van der Waals surface area contributed by atoms with Gasteiger partial charge in [0.15, 0.2) is 0 Å². The Bertz CT molecular complexity index is 690. The van der Waals surface area contributed by atoms with Gasteiger partial charge in [0.25, 0.3) is 0 Å². The highest BCUT2D eigenvalue weighted by Gasteiger charge is 2.07. The molecule has 0 saturated carbocycles. The molecule has 2 N–H and O–H groups in total. The molecule has 0 aliphatic carbocycles. The van der Waals surface area contributed by atoms with Crippen molar-refractivity contribution in [1.82, 2.24) is 14.6 Å². The van der Waals surface area contributed by atoms with Crippen LogP contribution in [0.25, 0.3) is 10.9 Å². The van der Waals surface area contributed by atoms with Gasteiger partial charge in [0.05, 0.1) is 6.20 Å². The molecule has 3 aromatic rings. The standard InChI is InChI=1S/C13H12N4OS/c18-12(16-13-8-15-17-19-13)6-5-9-7-14-11-4-2-1-3-10(9)11/h1-4,7-8,14H,5-6H2,(H,16,18). The quantitative estimate of drug-likeness (QED) is 0.767. The molecule has 0 atom stereocenters. The summed E-state index contributed by atoms with van der Waals surface area (Å²) in [4.78, 5) is 15.0. The molecule has 1 aromatic carbocycles. The van der Waals surface area contributed by atoms with Crippen LogP contribution in [0.4, 0.5) is 5.00 Å². The van der Waals surface area contributed by atoms with Crippen molar-refractivity contribution >= 4 is 33.3 Å². The molecule has 0 saturated heterocycles. The van der Waals surface area contributed by atoms with E-state index < -0.39 is 0 Å². The Hall–Kier alpha value is -2.21. The van der Waals surface area contributed by atoms with E-state index in [2.05, 4.69) is 26.0 Å². The number of hydrogen-bond donors (Lipinski definition) is 2. The number of para-hydroxylation sites is 1. The lowest BCUT2D eigenvalue weighted by Gasteiger charge is -2.01. The number of nitrogens with zero attached hydrogens (tertiary/aromatic N) is 2. The molecule has 3 rings (SSSR count). The topological polar surface area (TPSA) is 70.7 Å². The smallest absolute Gasteiger partial charge is 0.225 e. The highest BCUT2D eigenvalue weighted by atomic mass is 32.1. The van der Waals surface area contributed by atoms with E-state index in [0.717, 1.165) is 11.1 Å². The fraction of sp³-hybridized carbons (Fsp3) is 0.154. The Morgan fingerprint density at radius 1 is 1.37 bits per heavy atom. The third-order valence-corrected chi connectivity index (χ3v) is 3.50. The monoisotopic (exact) mass is 272 g/mol. The molecule has 0 spiro atoms. The molecule has 1 amide bonds. The predicted octanol–water partition coefficient (Wildman–Crippen LogP) is 2.59. The summed E-state index contributed by atoms with van der Waals surface area (Å²) in [7, 11) is 0. The van der Waals surface area contributed by atoms with Gasteiger partial charge in [-0.05, 0) is 18.1 Å². The Balaban J connectivity index is 1.64. The molecule has 5 nitrogen and oxygen atoms in total. The maximum atomic E-state index is 11.8. The molecular formula is C13H12N4OS. The second-order valence-corrected chi connectivity index (χ2v) is 4.98. The summed E-state index contributed by atoms with van der Waals surface area (Å²) in [5.41, 5.74) is 2.26. The molecule has 0 unspecified atom stereocenters. The molecule has 0 aliphatic heterocycles. The van der Waals surface area contributed by atoms with Gasteiger partial charge in [-0.1, -0.05) is 22.7 Å². The number of aryl methyl sites for hydroxylation is 1. The maximum Gasteiger partial charge on any atom is 0.225 e. The van der Waals surface area contributed by atoms with Crippen LogP contribution >= 0.6 is 11.5 Å². The van der Waals surface area contributed by atoms with E-state index in [1.165, 1.54) is 16.9 Å². The molecule has 96 valence electrons. The maximum absolute atomic E-state index is 11.8. The minimum Gasteiger partial charge on any atom is -0.361 e. The third-order valence-electron chi connectivity index (χ3n) is 2.92. The molecular weight excluding hydrogens is 260 g/mol. The Morgan fingerprint density at radius 3 is 3.11 bits per heavy atom. The van der Waals surface area contributed by atoms with Crippen molar-refractivity contribution in [2.75, 3.05) is 5.32 Å². The zero-order valence-corrected chi connectivity index (χ0v) is 10.9. The summed E-state index contributed by atoms with van der Waals surface area (Å²) in [5.74, 6) is -0.0173. The van der Waals surface area contributed by atoms with Crippen LogP contribution in [-0.4, -0.2) is 20.5 Å². The van der Waals surface area contributed by atoms with Crippen LogP contribution in [0, 0.1) is 0 Å². The first-order valence-corrected chi connectivity index (χ1v) is 6.72. The first kappa shape index (κ1) is 11.9. The van der Waals surface area contributed by atoms with E-state index in [-0.39, 0.29) is 5.91 Å². The lowest BCUT2D eigenvalue weighted by atomic mass is 10.1. The Labute approximate surface area is 113 Å². The van der Waals surface area contributed by atoms with Gasteiger partial charge < -0.3 is 10.3 Å². The average Bonchev–Trinajstić information content (AvgIpc) is 3.05. The first-order valence-electron chi connectivity index (χ1n) is 5.95. The highest BCUT2D eigenvalue weighted by Crippen LogP contribution is 2.19. The zero-order chi connectivity index (χ0) is 13.1. The van der Waals surface area contributed by atoms with Crippen LogP contribution in [0.2, 0.25) is 0 Å². The number of amides is 1. The van der Waals surface area contributed by atoms with Crippen molar-refractivity contribution in [3.63, 3.8) is 0 Å². The largest absolute Gasteiger partial charge is 0.361 e. The summed E-state index contributed by atoms with van der Waals surface area (Å²) < 4.78 is 3.70. The van der Waals surface area contributed by atoms with Gasteiger partial charge in [0, 0.05) is 35.1 Å². The SMILES string of the molecule is O=C(CCc1c[nH]c2ccccc12)Nc1cnns1. The van der Waals surface area contributed by atoms with E-state index >= 15 is 0 Å². The lowest BCUT2D eigenvalue weighted by molar-refractivity contribution is -0.116. The van der Waals surface area contributed by atoms with Gasteiger partial charge in [0.1, 0.15) is 5.00 Å². The molecule has 19 heavy (non-hydrogen) atoms. The van der Waals surface area contributed by atoms with Crippen LogP contribution in [0.15, 0.2) is 36.7 Å². The minimum atomic E-state index is -0.0173. The van der Waals surface area contributed by atoms with Crippen molar-refractivity contribution < 1.29 is 4.79 Å². The van der Waals surface area contributed by atoms with Crippen molar-refractivity contribution in [3.8, 4) is 0 Å². The molecule has 0 radical (unpaired) electrons. The Morgan fingerprint density at radius 2 is 2.26 bits per heavy atom. The van der Waals surface area contributed by atoms with Crippen molar-refractivity contribution in [2.45, 2.75) is 12.8 Å². The number of carbonyl (C=O) groups excluding carboxylic acids is 1. The number of carbonyl (C=O) groups is 1. The third kappa shape index (κ3) is 2.63. The highest BCUT2D eigenvalue weighted by molar-refractivity contribution is 7.10. The van der Waals surface area contributed by atoms with E-state index in [4.69, 9.17) is 0 Å². The number of benzene rings is 1. The number of nitrogens with one attached hydrogen (secondary N) is 2. The van der Waals surface area contributed by atoms with Crippen LogP contribution in [0.3, 0.4) is 0 Å². The van der Waals surface area contributed by atoms with Crippen LogP contribution in [-0.2, 0) is 11.2 Å². The van der Waals surface area contributed by atoms with Crippen LogP contribution < -0.4 is 5.32 Å². The van der Waals surface area contributed by atoms with Gasteiger partial charge in [-0.15, -0.1) is 5.10 Å². The number of aromatic amines is 1. The van der Waals surface area contributed by atoms with Crippen molar-refractivity contribution in [3.05, 3.63) is 42.2 Å². The van der Waals surface area contributed by atoms with Crippen LogP contribution in [0.1, 0.15) is 12.0 Å². The number of fused-ring (bicyclic) bond motifs is 1. The number of anilines is 1. The molecule has 2 heterocycles. The summed E-state index contributed by atoms with van der Waals surface area (Å²) >= 11 is 1.18. The summed E-state index contributed by atoms with van der Waals surface area (Å²) in [6.07, 6.45) is 4.67. The van der Waals surface area contributed by atoms with E-state index in [1.807, 2.05) is 24.4 Å². The fourth-order valence-corrected chi connectivity index (χ4v) is 2.44. The van der Waals surface area contributed by atoms with Gasteiger partial charge in [-0.2, -0.15) is 0 Å². The summed E-state index contributed by atoms with van der Waals surface area (Å²) in [6, 6.07) is 8.09. The predicted molar refractivity (Wildman–Crippen MR) is 75.2 cm³/mol. The number of rotatable bonds is 4. The van der Waals surface area contributed by atoms with E-state index in [0.29, 0.717) is 17.8 Å². The molecule has 0 bridgehead atoms. The van der Waals surface area contributed by atoms with Gasteiger partial charge >= 0.3 is 0 Å². The summed E-state index contributed by atoms with van der Waals surface area (Å²) in [6.45, 7) is 0. The van der Waals surface area contributed by atoms with E-state index in [1.54, 1.807) is 6.20 Å². The van der Waals surface area contributed by atoms with Crippen molar-refractivity contribution in [2.24, 2.45) is 0 Å². The number of hydrogen-bond acceptors (Lipinski definition) is 4. The molecule has 2 aromatic heterocycles. The van der Waals surface area contributed by atoms with Gasteiger partial charge in [-0.3, -0.25) is 4.79 Å². The first-order chi connectivity index (χ1) is 9.33. The second-order valence-electron chi connectivity index (χ2n) is 4.19. The van der Waals surface area contributed by atoms with Gasteiger partial charge in [-0.25, -0.2) is 0 Å². The van der Waals surface area contributed by atoms with E-state index in [9.17, 15) is 4.79 Å². The van der Waals surface area contributed by atoms with Gasteiger partial charge in [0.2, 0.25) is 5.91 Å². The minimum absolute atomic E-state index is 0.0173. The fourth-order valence-electron chi connectivity index (χ4n) is 2.01. The van der Waals surface area contributed by atoms with Crippen molar-refractivity contribution in [1.29, 1.82) is 0 Å². The number of H-pyrrole nitrogens is 1. The zero-order valence-electron chi connectivity index (χ0n) is 10.1. The molecule has 0 fully saturated rings. The normalized spacial score (nSPS) is 10.7. The average molecular weight is 272 g/mol. The molecule has 0 aliphatic rings. The Kier molecular flexibility index (Phi) is 3.24. The lowest BCUT2D eigenvalue weighted by Crippen LogP contribution is -2.11. The van der Waals surface area contributed by atoms with Crippen LogP contribution in [0.5, 0.6) is 0 Å². The summed E-state index contributed by atoms with van der Waals surface area (Å²) in [5, 5.41) is 8.31.